The van der Waals surface area contributed by atoms with E-state index in [4.69, 9.17) is 4.74 Å². The van der Waals surface area contributed by atoms with Crippen molar-refractivity contribution in [3.63, 3.8) is 0 Å². The van der Waals surface area contributed by atoms with Crippen LogP contribution in [0, 0.1) is 18.3 Å². The number of nitrogens with one attached hydrogen (secondary N) is 1. The lowest BCUT2D eigenvalue weighted by atomic mass is 10.0. The van der Waals surface area contributed by atoms with Gasteiger partial charge >= 0.3 is 0 Å². The molecule has 0 radical (unpaired) electrons. The zero-order valence-corrected chi connectivity index (χ0v) is 14.0. The molecule has 1 N–H and O–H groups in total. The quantitative estimate of drug-likeness (QED) is 0.925. The van der Waals surface area contributed by atoms with Gasteiger partial charge in [0.25, 0.3) is 5.92 Å². The van der Waals surface area contributed by atoms with Crippen LogP contribution in [-0.4, -0.2) is 34.6 Å². The van der Waals surface area contributed by atoms with Gasteiger partial charge in [0.1, 0.15) is 11.2 Å². The van der Waals surface area contributed by atoms with Crippen molar-refractivity contribution in [3.8, 4) is 0 Å². The molecule has 2 aromatic rings. The van der Waals surface area contributed by atoms with Crippen LogP contribution in [0.5, 0.6) is 0 Å². The molecule has 1 aliphatic carbocycles. The lowest BCUT2D eigenvalue weighted by molar-refractivity contribution is -0.127. The number of hydrogen-bond donors (Lipinski definition) is 1. The zero-order valence-electron chi connectivity index (χ0n) is 14.0. The van der Waals surface area contributed by atoms with E-state index in [9.17, 15) is 13.6 Å². The monoisotopic (exact) mass is 347 g/mol. The number of benzene rings is 1. The summed E-state index contributed by atoms with van der Waals surface area (Å²) in [5, 5.41) is 2.62. The van der Waals surface area contributed by atoms with E-state index < -0.39 is 23.2 Å². The Kier molecular flexibility index (Phi) is 3.47. The summed E-state index contributed by atoms with van der Waals surface area (Å²) in [6.07, 6.45) is 3.65. The summed E-state index contributed by atoms with van der Waals surface area (Å²) in [5.41, 5.74) is -0.144. The van der Waals surface area contributed by atoms with Gasteiger partial charge in [0, 0.05) is 18.1 Å². The highest BCUT2D eigenvalue weighted by Crippen LogP contribution is 2.69. The lowest BCUT2D eigenvalue weighted by Gasteiger charge is -2.17. The first kappa shape index (κ1) is 16.2. The minimum absolute atomic E-state index is 0.0544. The number of nitrogens with zero attached hydrogens (tertiary/aromatic N) is 2. The second kappa shape index (κ2) is 5.36. The number of hydrogen-bond acceptors (Lipinski definition) is 3. The van der Waals surface area contributed by atoms with Gasteiger partial charge in [0.05, 0.1) is 25.2 Å². The van der Waals surface area contributed by atoms with E-state index in [0.29, 0.717) is 5.69 Å². The smallest absolute Gasteiger partial charge is 0.271 e. The number of halogens is 2. The van der Waals surface area contributed by atoms with E-state index in [1.807, 2.05) is 36.7 Å². The maximum atomic E-state index is 13.9. The van der Waals surface area contributed by atoms with Gasteiger partial charge < -0.3 is 14.6 Å². The second-order valence-corrected chi connectivity index (χ2v) is 6.80. The average molecular weight is 347 g/mol. The molecule has 1 amide bonds. The predicted molar refractivity (Wildman–Crippen MR) is 87.5 cm³/mol. The molecular weight excluding hydrogens is 328 g/mol. The van der Waals surface area contributed by atoms with Crippen LogP contribution < -0.4 is 5.32 Å². The van der Waals surface area contributed by atoms with Crippen molar-refractivity contribution in [3.05, 3.63) is 48.0 Å². The van der Waals surface area contributed by atoms with Gasteiger partial charge in [0.15, 0.2) is 0 Å². The van der Waals surface area contributed by atoms with Gasteiger partial charge in [-0.05, 0) is 31.5 Å². The van der Waals surface area contributed by atoms with Crippen molar-refractivity contribution in [2.24, 2.45) is 11.3 Å². The standard InChI is InChI=1S/C18H19F2N3O2/c1-11(23-8-7-21-12(23)2)13-3-5-14(6-4-13)22-16(24)17-10-25-9-15(17)18(17,19)20/h3-8,11,15H,9-10H2,1-2H3,(H,22,24)/t11-,15+,17-/m0/s1. The van der Waals surface area contributed by atoms with Crippen LogP contribution >= 0.6 is 0 Å². The molecule has 4 rings (SSSR count). The van der Waals surface area contributed by atoms with Gasteiger partial charge in [-0.2, -0.15) is 0 Å². The van der Waals surface area contributed by atoms with Crippen molar-refractivity contribution < 1.29 is 18.3 Å². The number of carbonyl (C=O) groups excluding carboxylic acids is 1. The summed E-state index contributed by atoms with van der Waals surface area (Å²) in [5.74, 6) is -3.72. The Morgan fingerprint density at radius 1 is 1.40 bits per heavy atom. The minimum atomic E-state index is -2.97. The third kappa shape index (κ3) is 2.22. The molecule has 132 valence electrons. The SMILES string of the molecule is Cc1nccn1[C@@H](C)c1ccc(NC(=O)[C@]23COC[C@H]2C3(F)F)cc1. The Balaban J connectivity index is 1.48. The summed E-state index contributed by atoms with van der Waals surface area (Å²) in [6, 6.07) is 7.32. The van der Waals surface area contributed by atoms with E-state index in [1.165, 1.54) is 0 Å². The summed E-state index contributed by atoms with van der Waals surface area (Å²) in [6.45, 7) is 3.71. The maximum absolute atomic E-state index is 13.9. The van der Waals surface area contributed by atoms with Crippen LogP contribution in [-0.2, 0) is 9.53 Å². The number of fused-ring (bicyclic) bond motifs is 1. The van der Waals surface area contributed by atoms with Gasteiger partial charge in [-0.3, -0.25) is 4.79 Å². The van der Waals surface area contributed by atoms with Crippen molar-refractivity contribution in [1.82, 2.24) is 9.55 Å². The first-order valence-corrected chi connectivity index (χ1v) is 8.24. The van der Waals surface area contributed by atoms with E-state index in [1.54, 1.807) is 18.3 Å². The molecule has 7 heteroatoms. The van der Waals surface area contributed by atoms with E-state index in [-0.39, 0.29) is 19.3 Å². The Hall–Kier alpha value is -2.28. The molecule has 2 aliphatic rings. The molecule has 1 aliphatic heterocycles. The number of amides is 1. The highest BCUT2D eigenvalue weighted by molar-refractivity contribution is 5.99. The van der Waals surface area contributed by atoms with Crippen molar-refractivity contribution in [1.29, 1.82) is 0 Å². The zero-order chi connectivity index (χ0) is 17.8. The molecule has 1 aromatic heterocycles. The highest BCUT2D eigenvalue weighted by Gasteiger charge is 2.87. The van der Waals surface area contributed by atoms with Crippen molar-refractivity contribution in [2.75, 3.05) is 18.5 Å². The number of carbonyl (C=O) groups is 1. The van der Waals surface area contributed by atoms with Gasteiger partial charge in [-0.25, -0.2) is 13.8 Å². The van der Waals surface area contributed by atoms with E-state index in [2.05, 4.69) is 10.3 Å². The van der Waals surface area contributed by atoms with E-state index in [0.717, 1.165) is 11.4 Å². The normalized spacial score (nSPS) is 27.6. The van der Waals surface area contributed by atoms with Gasteiger partial charge in [-0.1, -0.05) is 12.1 Å². The molecule has 5 nitrogen and oxygen atoms in total. The van der Waals surface area contributed by atoms with Crippen LogP contribution in [0.15, 0.2) is 36.7 Å². The summed E-state index contributed by atoms with van der Waals surface area (Å²) in [7, 11) is 0. The second-order valence-electron chi connectivity index (χ2n) is 6.80. The molecule has 2 heterocycles. The molecule has 1 saturated carbocycles. The molecule has 2 fully saturated rings. The Labute approximate surface area is 144 Å². The molecule has 1 saturated heterocycles. The summed E-state index contributed by atoms with van der Waals surface area (Å²) < 4.78 is 34.8. The maximum Gasteiger partial charge on any atom is 0.271 e. The number of rotatable bonds is 4. The fourth-order valence-corrected chi connectivity index (χ4v) is 3.73. The Morgan fingerprint density at radius 3 is 2.68 bits per heavy atom. The first-order chi connectivity index (χ1) is 11.9. The molecule has 0 unspecified atom stereocenters. The largest absolute Gasteiger partial charge is 0.380 e. The van der Waals surface area contributed by atoms with Crippen LogP contribution in [0.2, 0.25) is 0 Å². The number of aromatic nitrogens is 2. The van der Waals surface area contributed by atoms with E-state index >= 15 is 0 Å². The topological polar surface area (TPSA) is 56.2 Å². The van der Waals surface area contributed by atoms with Gasteiger partial charge in [0.2, 0.25) is 5.91 Å². The third-order valence-corrected chi connectivity index (χ3v) is 5.49. The molecule has 0 spiro atoms. The molecule has 1 aromatic carbocycles. The number of ether oxygens (including phenoxy) is 1. The van der Waals surface area contributed by atoms with Crippen LogP contribution in [0.4, 0.5) is 14.5 Å². The van der Waals surface area contributed by atoms with Crippen LogP contribution in [0.3, 0.4) is 0 Å². The Morgan fingerprint density at radius 2 is 2.12 bits per heavy atom. The molecule has 3 atom stereocenters. The van der Waals surface area contributed by atoms with Crippen molar-refractivity contribution >= 4 is 11.6 Å². The Bertz CT molecular complexity index is 818. The first-order valence-electron chi connectivity index (χ1n) is 8.24. The molecule has 25 heavy (non-hydrogen) atoms. The summed E-state index contributed by atoms with van der Waals surface area (Å²) in [4.78, 5) is 16.6. The highest BCUT2D eigenvalue weighted by atomic mass is 19.3. The predicted octanol–water partition coefficient (Wildman–Crippen LogP) is 3.02. The number of anilines is 1. The van der Waals surface area contributed by atoms with Gasteiger partial charge in [-0.15, -0.1) is 0 Å². The lowest BCUT2D eigenvalue weighted by Crippen LogP contribution is -2.32. The average Bonchev–Trinajstić information content (AvgIpc) is 3.04. The van der Waals surface area contributed by atoms with Crippen LogP contribution in [0.25, 0.3) is 0 Å². The molecular formula is C18H19F2N3O2. The fourth-order valence-electron chi connectivity index (χ4n) is 3.73. The minimum Gasteiger partial charge on any atom is -0.380 e. The fraction of sp³-hybridized carbons (Fsp3) is 0.444. The third-order valence-electron chi connectivity index (χ3n) is 5.49. The van der Waals surface area contributed by atoms with Crippen molar-refractivity contribution in [2.45, 2.75) is 25.8 Å². The molecule has 0 bridgehead atoms. The summed E-state index contributed by atoms with van der Waals surface area (Å²) >= 11 is 0. The number of aryl methyl sites for hydroxylation is 1. The number of alkyl halides is 2. The van der Waals surface area contributed by atoms with Crippen LogP contribution in [0.1, 0.15) is 24.4 Å². The number of imidazole rings is 1.